The highest BCUT2D eigenvalue weighted by molar-refractivity contribution is 5.87. The third-order valence-electron chi connectivity index (χ3n) is 2.61. The monoisotopic (exact) mass is 249 g/mol. The second-order valence-corrected chi connectivity index (χ2v) is 3.81. The molecular formula is C13H12FNO3. The zero-order valence-corrected chi connectivity index (χ0v) is 9.76. The molecule has 0 fully saturated rings. The van der Waals surface area contributed by atoms with Gasteiger partial charge in [0.05, 0.1) is 19.2 Å². The van der Waals surface area contributed by atoms with Gasteiger partial charge in [-0.1, -0.05) is 12.1 Å². The second kappa shape index (κ2) is 4.91. The number of benzene rings is 1. The molecule has 18 heavy (non-hydrogen) atoms. The number of aromatic nitrogens is 1. The summed E-state index contributed by atoms with van der Waals surface area (Å²) in [6.45, 7) is 0.260. The van der Waals surface area contributed by atoms with Crippen LogP contribution in [0, 0.1) is 5.82 Å². The highest BCUT2D eigenvalue weighted by atomic mass is 19.1. The topological polar surface area (TPSA) is 51.5 Å². The molecular weight excluding hydrogens is 237 g/mol. The van der Waals surface area contributed by atoms with E-state index in [0.29, 0.717) is 5.56 Å². The molecule has 1 heterocycles. The molecule has 2 rings (SSSR count). The molecule has 0 amide bonds. The maximum Gasteiger partial charge on any atom is 0.337 e. The Bertz CT molecular complexity index is 577. The van der Waals surface area contributed by atoms with Crippen LogP contribution < -0.4 is 4.74 Å². The van der Waals surface area contributed by atoms with Crippen molar-refractivity contribution in [1.29, 1.82) is 0 Å². The highest BCUT2D eigenvalue weighted by Gasteiger charge is 2.10. The Hall–Kier alpha value is -2.30. The number of hydrogen-bond acceptors (Lipinski definition) is 2. The lowest BCUT2D eigenvalue weighted by Gasteiger charge is -2.08. The molecule has 2 aromatic rings. The van der Waals surface area contributed by atoms with Gasteiger partial charge in [-0.05, 0) is 12.1 Å². The van der Waals surface area contributed by atoms with E-state index in [1.54, 1.807) is 22.9 Å². The number of methoxy groups -OCH3 is 1. The Balaban J connectivity index is 2.25. The standard InChI is InChI=1S/C13H12FNO3/c1-18-11-4-2-3-9(12(11)14)7-15-6-5-10(8-15)13(16)17/h2-6,8H,7H2,1H3,(H,16,17). The summed E-state index contributed by atoms with van der Waals surface area (Å²) in [6, 6.07) is 6.34. The fourth-order valence-corrected chi connectivity index (χ4v) is 1.70. The molecule has 0 aliphatic heterocycles. The van der Waals surface area contributed by atoms with Crippen LogP contribution in [-0.2, 0) is 6.54 Å². The van der Waals surface area contributed by atoms with Gasteiger partial charge >= 0.3 is 5.97 Å². The Labute approximate surface area is 103 Å². The molecule has 0 saturated heterocycles. The number of halogens is 1. The van der Waals surface area contributed by atoms with Gasteiger partial charge in [-0.2, -0.15) is 0 Å². The number of hydrogen-bond donors (Lipinski definition) is 1. The number of carbonyl (C=O) groups is 1. The van der Waals surface area contributed by atoms with E-state index in [9.17, 15) is 9.18 Å². The van der Waals surface area contributed by atoms with E-state index < -0.39 is 11.8 Å². The van der Waals surface area contributed by atoms with Gasteiger partial charge in [0.2, 0.25) is 0 Å². The van der Waals surface area contributed by atoms with Crippen LogP contribution >= 0.6 is 0 Å². The lowest BCUT2D eigenvalue weighted by molar-refractivity contribution is 0.0697. The van der Waals surface area contributed by atoms with Crippen molar-refractivity contribution >= 4 is 5.97 Å². The van der Waals surface area contributed by atoms with Crippen LogP contribution in [0.4, 0.5) is 4.39 Å². The van der Waals surface area contributed by atoms with Gasteiger partial charge in [-0.25, -0.2) is 9.18 Å². The Morgan fingerprint density at radius 2 is 2.22 bits per heavy atom. The van der Waals surface area contributed by atoms with E-state index in [4.69, 9.17) is 9.84 Å². The average Bonchev–Trinajstić information content (AvgIpc) is 2.80. The van der Waals surface area contributed by atoms with E-state index in [0.717, 1.165) is 0 Å². The molecule has 4 nitrogen and oxygen atoms in total. The largest absolute Gasteiger partial charge is 0.494 e. The van der Waals surface area contributed by atoms with Gasteiger partial charge in [0.1, 0.15) is 0 Å². The van der Waals surface area contributed by atoms with Crippen molar-refractivity contribution in [3.05, 3.63) is 53.6 Å². The molecule has 0 atom stereocenters. The molecule has 0 aliphatic carbocycles. The zero-order valence-electron chi connectivity index (χ0n) is 9.76. The molecule has 1 aromatic heterocycles. The van der Waals surface area contributed by atoms with Gasteiger partial charge in [0.25, 0.3) is 0 Å². The summed E-state index contributed by atoms with van der Waals surface area (Å²) in [4.78, 5) is 10.7. The number of ether oxygens (including phenoxy) is 1. The predicted octanol–water partition coefficient (Wildman–Crippen LogP) is 2.38. The molecule has 0 unspecified atom stereocenters. The molecule has 5 heteroatoms. The Morgan fingerprint density at radius 3 is 2.83 bits per heavy atom. The summed E-state index contributed by atoms with van der Waals surface area (Å²) in [5.41, 5.74) is 0.625. The van der Waals surface area contributed by atoms with E-state index in [2.05, 4.69) is 0 Å². The van der Waals surface area contributed by atoms with Crippen LogP contribution in [0.3, 0.4) is 0 Å². The second-order valence-electron chi connectivity index (χ2n) is 3.81. The first-order valence-electron chi connectivity index (χ1n) is 5.32. The third-order valence-corrected chi connectivity index (χ3v) is 2.61. The number of aromatic carboxylic acids is 1. The van der Waals surface area contributed by atoms with Gasteiger partial charge in [-0.15, -0.1) is 0 Å². The van der Waals surface area contributed by atoms with Crippen LogP contribution in [0.1, 0.15) is 15.9 Å². The summed E-state index contributed by atoms with van der Waals surface area (Å²) in [5.74, 6) is -1.25. The van der Waals surface area contributed by atoms with Crippen molar-refractivity contribution in [3.8, 4) is 5.75 Å². The molecule has 1 aromatic carbocycles. The van der Waals surface area contributed by atoms with Gasteiger partial charge in [-0.3, -0.25) is 0 Å². The molecule has 1 N–H and O–H groups in total. The molecule has 0 saturated carbocycles. The molecule has 0 radical (unpaired) electrons. The fourth-order valence-electron chi connectivity index (χ4n) is 1.70. The first-order chi connectivity index (χ1) is 8.61. The summed E-state index contributed by atoms with van der Waals surface area (Å²) in [7, 11) is 1.40. The number of rotatable bonds is 4. The van der Waals surface area contributed by atoms with Crippen molar-refractivity contribution < 1.29 is 19.0 Å². The number of carboxylic acid groups (broad SMARTS) is 1. The van der Waals surface area contributed by atoms with Gasteiger partial charge < -0.3 is 14.4 Å². The van der Waals surface area contributed by atoms with E-state index >= 15 is 0 Å². The zero-order chi connectivity index (χ0) is 13.1. The van der Waals surface area contributed by atoms with Crippen molar-refractivity contribution in [2.24, 2.45) is 0 Å². The van der Waals surface area contributed by atoms with Crippen molar-refractivity contribution in [2.75, 3.05) is 7.11 Å². The summed E-state index contributed by atoms with van der Waals surface area (Å²) < 4.78 is 20.4. The van der Waals surface area contributed by atoms with Crippen LogP contribution in [0.5, 0.6) is 5.75 Å². The minimum atomic E-state index is -1.00. The first-order valence-corrected chi connectivity index (χ1v) is 5.32. The quantitative estimate of drug-likeness (QED) is 0.905. The van der Waals surface area contributed by atoms with Crippen LogP contribution in [0.2, 0.25) is 0 Å². The van der Waals surface area contributed by atoms with E-state index in [-0.39, 0.29) is 17.9 Å². The van der Waals surface area contributed by atoms with Crippen LogP contribution in [-0.4, -0.2) is 22.8 Å². The average molecular weight is 249 g/mol. The molecule has 0 bridgehead atoms. The van der Waals surface area contributed by atoms with Gasteiger partial charge in [0.15, 0.2) is 11.6 Å². The van der Waals surface area contributed by atoms with Crippen molar-refractivity contribution in [3.63, 3.8) is 0 Å². The van der Waals surface area contributed by atoms with E-state index in [1.807, 2.05) is 0 Å². The van der Waals surface area contributed by atoms with Crippen molar-refractivity contribution in [2.45, 2.75) is 6.54 Å². The maximum atomic E-state index is 13.9. The Morgan fingerprint density at radius 1 is 1.44 bits per heavy atom. The number of nitrogens with zero attached hydrogens (tertiary/aromatic N) is 1. The number of carboxylic acids is 1. The lowest BCUT2D eigenvalue weighted by Crippen LogP contribution is -2.01. The molecule has 0 spiro atoms. The minimum Gasteiger partial charge on any atom is -0.494 e. The van der Waals surface area contributed by atoms with Crippen LogP contribution in [0.25, 0.3) is 0 Å². The highest BCUT2D eigenvalue weighted by Crippen LogP contribution is 2.20. The first kappa shape index (κ1) is 12.2. The molecule has 0 aliphatic rings. The summed E-state index contributed by atoms with van der Waals surface area (Å²) >= 11 is 0. The van der Waals surface area contributed by atoms with Crippen LogP contribution in [0.15, 0.2) is 36.7 Å². The van der Waals surface area contributed by atoms with E-state index in [1.165, 1.54) is 25.4 Å². The normalized spacial score (nSPS) is 10.3. The third kappa shape index (κ3) is 2.34. The summed E-state index contributed by atoms with van der Waals surface area (Å²) in [6.07, 6.45) is 3.06. The minimum absolute atomic E-state index is 0.179. The molecule has 94 valence electrons. The van der Waals surface area contributed by atoms with Gasteiger partial charge in [0, 0.05) is 18.0 Å². The maximum absolute atomic E-state index is 13.9. The summed E-state index contributed by atoms with van der Waals surface area (Å²) in [5, 5.41) is 8.79. The predicted molar refractivity (Wildman–Crippen MR) is 63.4 cm³/mol. The lowest BCUT2D eigenvalue weighted by atomic mass is 10.2. The van der Waals surface area contributed by atoms with Crippen molar-refractivity contribution in [1.82, 2.24) is 4.57 Å². The smallest absolute Gasteiger partial charge is 0.337 e. The Kier molecular flexibility index (Phi) is 3.32. The fraction of sp³-hybridized carbons (Fsp3) is 0.154. The SMILES string of the molecule is COc1cccc(Cn2ccc(C(=O)O)c2)c1F.